The second kappa shape index (κ2) is 7.21. The summed E-state index contributed by atoms with van der Waals surface area (Å²) in [7, 11) is 0. The molecule has 4 aromatic rings. The molecule has 0 fully saturated rings. The molecule has 10 heteroatoms. The number of nitrogens with zero attached hydrogens (tertiary/aromatic N) is 6. The zero-order valence-electron chi connectivity index (χ0n) is 14.5. The minimum atomic E-state index is -0.121. The van der Waals surface area contributed by atoms with Gasteiger partial charge in [0, 0.05) is 23.7 Å². The van der Waals surface area contributed by atoms with E-state index in [1.165, 1.54) is 11.8 Å². The standard InChI is InChI=1S/C18H14N6O2S2/c25-16(11-28-18-20-17-19-6-3-7-23(17)22-18)24-13(15-5-2-9-27-15)10-12(21-24)14-4-1-8-26-14/h1-9,13H,10-11H2. The molecule has 1 atom stereocenters. The van der Waals surface area contributed by atoms with Crippen molar-refractivity contribution < 1.29 is 9.21 Å². The smallest absolute Gasteiger partial charge is 0.253 e. The summed E-state index contributed by atoms with van der Waals surface area (Å²) >= 11 is 2.89. The molecule has 1 aliphatic rings. The Morgan fingerprint density at radius 2 is 2.29 bits per heavy atom. The fraction of sp³-hybridized carbons (Fsp3) is 0.167. The van der Waals surface area contributed by atoms with Crippen molar-refractivity contribution in [2.75, 3.05) is 5.75 Å². The molecule has 4 aromatic heterocycles. The molecule has 140 valence electrons. The molecule has 0 aromatic carbocycles. The molecule has 0 spiro atoms. The van der Waals surface area contributed by atoms with Gasteiger partial charge < -0.3 is 4.42 Å². The van der Waals surface area contributed by atoms with Crippen molar-refractivity contribution in [2.45, 2.75) is 17.6 Å². The van der Waals surface area contributed by atoms with Gasteiger partial charge in [0.25, 0.3) is 11.7 Å². The van der Waals surface area contributed by atoms with Crippen LogP contribution in [0.1, 0.15) is 23.1 Å². The van der Waals surface area contributed by atoms with Crippen molar-refractivity contribution in [3.05, 3.63) is 65.0 Å². The number of hydrogen-bond acceptors (Lipinski definition) is 8. The molecule has 0 aliphatic carbocycles. The summed E-state index contributed by atoms with van der Waals surface area (Å²) < 4.78 is 7.06. The largest absolute Gasteiger partial charge is 0.463 e. The SMILES string of the molecule is O=C(CSc1nc2ncccn2n1)N1N=C(c2ccco2)CC1c1cccs1. The number of aromatic nitrogens is 4. The molecule has 0 N–H and O–H groups in total. The first-order valence-electron chi connectivity index (χ1n) is 8.55. The number of thioether (sulfide) groups is 1. The Morgan fingerprint density at radius 1 is 1.32 bits per heavy atom. The third kappa shape index (κ3) is 3.20. The first-order chi connectivity index (χ1) is 13.8. The maximum Gasteiger partial charge on any atom is 0.253 e. The molecule has 5 heterocycles. The van der Waals surface area contributed by atoms with E-state index in [4.69, 9.17) is 4.42 Å². The third-order valence-corrected chi connectivity index (χ3v) is 6.06. The number of hydrazone groups is 1. The molecule has 1 amide bonds. The number of carbonyl (C=O) groups is 1. The Morgan fingerprint density at radius 3 is 3.07 bits per heavy atom. The lowest BCUT2D eigenvalue weighted by Gasteiger charge is -2.20. The van der Waals surface area contributed by atoms with Crippen LogP contribution in [0.2, 0.25) is 0 Å². The number of rotatable bonds is 5. The van der Waals surface area contributed by atoms with Gasteiger partial charge in [-0.15, -0.1) is 16.4 Å². The molecule has 1 aliphatic heterocycles. The van der Waals surface area contributed by atoms with Gasteiger partial charge >= 0.3 is 0 Å². The lowest BCUT2D eigenvalue weighted by molar-refractivity contribution is -0.130. The fourth-order valence-electron chi connectivity index (χ4n) is 3.00. The van der Waals surface area contributed by atoms with Gasteiger partial charge in [-0.25, -0.2) is 14.5 Å². The highest BCUT2D eigenvalue weighted by Gasteiger charge is 2.34. The second-order valence-electron chi connectivity index (χ2n) is 6.04. The highest BCUT2D eigenvalue weighted by Crippen LogP contribution is 2.35. The Kier molecular flexibility index (Phi) is 4.41. The summed E-state index contributed by atoms with van der Waals surface area (Å²) in [6, 6.07) is 9.35. The van der Waals surface area contributed by atoms with E-state index < -0.39 is 0 Å². The Labute approximate surface area is 167 Å². The monoisotopic (exact) mass is 410 g/mol. The van der Waals surface area contributed by atoms with Crippen LogP contribution in [0.5, 0.6) is 0 Å². The fourth-order valence-corrected chi connectivity index (χ4v) is 4.49. The number of amides is 1. The van der Waals surface area contributed by atoms with Gasteiger partial charge in [-0.05, 0) is 29.6 Å². The predicted octanol–water partition coefficient (Wildman–Crippen LogP) is 3.25. The summed E-state index contributed by atoms with van der Waals surface area (Å²) in [6.45, 7) is 0. The van der Waals surface area contributed by atoms with Crippen molar-refractivity contribution in [1.29, 1.82) is 0 Å². The van der Waals surface area contributed by atoms with Crippen LogP contribution in [0.4, 0.5) is 0 Å². The van der Waals surface area contributed by atoms with Crippen LogP contribution in [-0.2, 0) is 4.79 Å². The van der Waals surface area contributed by atoms with Gasteiger partial charge in [-0.3, -0.25) is 4.79 Å². The zero-order chi connectivity index (χ0) is 18.9. The number of furan rings is 1. The average Bonchev–Trinajstić information content (AvgIpc) is 3.50. The maximum absolute atomic E-state index is 12.9. The van der Waals surface area contributed by atoms with E-state index >= 15 is 0 Å². The van der Waals surface area contributed by atoms with Gasteiger partial charge in [0.2, 0.25) is 5.16 Å². The van der Waals surface area contributed by atoms with E-state index in [1.54, 1.807) is 45.6 Å². The van der Waals surface area contributed by atoms with Crippen LogP contribution in [0.25, 0.3) is 5.78 Å². The molecule has 0 bridgehead atoms. The first-order valence-corrected chi connectivity index (χ1v) is 10.4. The van der Waals surface area contributed by atoms with Crippen LogP contribution >= 0.6 is 23.1 Å². The third-order valence-electron chi connectivity index (χ3n) is 4.27. The maximum atomic E-state index is 12.9. The van der Waals surface area contributed by atoms with Gasteiger partial charge in [0.1, 0.15) is 11.5 Å². The quantitative estimate of drug-likeness (QED) is 0.469. The molecule has 8 nitrogen and oxygen atoms in total. The lowest BCUT2D eigenvalue weighted by Crippen LogP contribution is -2.28. The van der Waals surface area contributed by atoms with Crippen LogP contribution in [0, 0.1) is 0 Å². The topological polar surface area (TPSA) is 88.9 Å². The van der Waals surface area contributed by atoms with Gasteiger partial charge in [0.05, 0.1) is 18.1 Å². The minimum Gasteiger partial charge on any atom is -0.463 e. The van der Waals surface area contributed by atoms with Gasteiger partial charge in [-0.1, -0.05) is 17.8 Å². The van der Waals surface area contributed by atoms with Crippen molar-refractivity contribution in [2.24, 2.45) is 5.10 Å². The molecule has 28 heavy (non-hydrogen) atoms. The zero-order valence-corrected chi connectivity index (χ0v) is 16.1. The summed E-state index contributed by atoms with van der Waals surface area (Å²) in [5, 5.41) is 13.0. The van der Waals surface area contributed by atoms with Crippen LogP contribution < -0.4 is 0 Å². The van der Waals surface area contributed by atoms with Gasteiger partial charge in [0.15, 0.2) is 0 Å². The molecule has 1 unspecified atom stereocenters. The van der Waals surface area contributed by atoms with Crippen molar-refractivity contribution in [3.63, 3.8) is 0 Å². The number of hydrogen-bond donors (Lipinski definition) is 0. The van der Waals surface area contributed by atoms with E-state index in [0.717, 1.165) is 10.6 Å². The Hall–Kier alpha value is -2.98. The summed E-state index contributed by atoms with van der Waals surface area (Å²) in [5.41, 5.74) is 0.775. The van der Waals surface area contributed by atoms with E-state index in [0.29, 0.717) is 23.1 Å². The van der Waals surface area contributed by atoms with E-state index in [9.17, 15) is 4.79 Å². The van der Waals surface area contributed by atoms with Crippen LogP contribution in [-0.4, -0.2) is 42.0 Å². The normalized spacial score (nSPS) is 16.6. The van der Waals surface area contributed by atoms with E-state index in [1.807, 2.05) is 29.6 Å². The van der Waals surface area contributed by atoms with Crippen molar-refractivity contribution in [1.82, 2.24) is 24.6 Å². The van der Waals surface area contributed by atoms with Crippen molar-refractivity contribution in [3.8, 4) is 0 Å². The lowest BCUT2D eigenvalue weighted by atomic mass is 10.1. The van der Waals surface area contributed by atoms with E-state index in [-0.39, 0.29) is 17.7 Å². The van der Waals surface area contributed by atoms with Gasteiger partial charge in [-0.2, -0.15) is 10.1 Å². The number of thiophene rings is 1. The van der Waals surface area contributed by atoms with E-state index in [2.05, 4.69) is 20.2 Å². The highest BCUT2D eigenvalue weighted by atomic mass is 32.2. The molecule has 5 rings (SSSR count). The summed E-state index contributed by atoms with van der Waals surface area (Å²) in [4.78, 5) is 22.5. The number of fused-ring (bicyclic) bond motifs is 1. The molecule has 0 saturated carbocycles. The predicted molar refractivity (Wildman–Crippen MR) is 105 cm³/mol. The second-order valence-corrected chi connectivity index (χ2v) is 7.97. The first kappa shape index (κ1) is 17.1. The molecule has 0 radical (unpaired) electrons. The molecule has 0 saturated heterocycles. The summed E-state index contributed by atoms with van der Waals surface area (Å²) in [5.74, 6) is 1.29. The Balaban J connectivity index is 1.36. The van der Waals surface area contributed by atoms with Crippen LogP contribution in [0.15, 0.2) is 69.0 Å². The summed E-state index contributed by atoms with van der Waals surface area (Å²) in [6.07, 6.45) is 5.67. The number of carbonyl (C=O) groups excluding carboxylic acids is 1. The van der Waals surface area contributed by atoms with Crippen molar-refractivity contribution >= 4 is 40.5 Å². The molecular weight excluding hydrogens is 396 g/mol. The Bertz CT molecular complexity index is 1100. The minimum absolute atomic E-state index is 0.100. The van der Waals surface area contributed by atoms with Crippen LogP contribution in [0.3, 0.4) is 0 Å². The highest BCUT2D eigenvalue weighted by molar-refractivity contribution is 7.99. The average molecular weight is 410 g/mol. The molecular formula is C18H14N6O2S2.